The summed E-state index contributed by atoms with van der Waals surface area (Å²) in [5.41, 5.74) is 0. The molecule has 1 rings (SSSR count). The minimum Gasteiger partial charge on any atom is -0.364 e. The van der Waals surface area contributed by atoms with E-state index in [1.165, 1.54) is 12.8 Å². The van der Waals surface area contributed by atoms with Crippen LogP contribution in [0.2, 0.25) is 0 Å². The van der Waals surface area contributed by atoms with Crippen molar-refractivity contribution in [2.24, 2.45) is 0 Å². The van der Waals surface area contributed by atoms with E-state index in [4.69, 9.17) is 12.2 Å². The zero-order valence-electron chi connectivity index (χ0n) is 10.7. The van der Waals surface area contributed by atoms with Crippen LogP contribution in [0.3, 0.4) is 0 Å². The Morgan fingerprint density at radius 3 is 1.88 bits per heavy atom. The van der Waals surface area contributed by atoms with Crippen LogP contribution in [0.15, 0.2) is 0 Å². The van der Waals surface area contributed by atoms with Crippen molar-refractivity contribution in [3.05, 3.63) is 0 Å². The van der Waals surface area contributed by atoms with Crippen LogP contribution in [0.4, 0.5) is 0 Å². The highest BCUT2D eigenvalue weighted by Crippen LogP contribution is 2.26. The molecule has 1 fully saturated rings. The number of nitrogens with zero attached hydrogens (tertiary/aromatic N) is 2. The second-order valence-electron chi connectivity index (χ2n) is 4.68. The Kier molecular flexibility index (Phi) is 4.71. The fourth-order valence-electron chi connectivity index (χ4n) is 2.46. The van der Waals surface area contributed by atoms with Crippen molar-refractivity contribution in [3.8, 4) is 0 Å². The summed E-state index contributed by atoms with van der Waals surface area (Å²) >= 11 is 5.23. The maximum absolute atomic E-state index is 11.5. The normalized spacial score (nSPS) is 25.0. The lowest BCUT2D eigenvalue weighted by molar-refractivity contribution is -0.131. The molecule has 4 heteroatoms. The Balaban J connectivity index is 2.78. The predicted molar refractivity (Wildman–Crippen MR) is 70.5 cm³/mol. The monoisotopic (exact) mass is 242 g/mol. The maximum Gasteiger partial charge on any atom is 0.219 e. The Morgan fingerprint density at radius 2 is 1.50 bits per heavy atom. The van der Waals surface area contributed by atoms with Gasteiger partial charge in [-0.25, -0.2) is 0 Å². The molecule has 1 aliphatic rings. The first-order chi connectivity index (χ1) is 7.45. The molecule has 0 radical (unpaired) electrons. The average molecular weight is 242 g/mol. The molecule has 0 saturated heterocycles. The van der Waals surface area contributed by atoms with E-state index in [0.717, 1.165) is 17.8 Å². The van der Waals surface area contributed by atoms with Crippen LogP contribution < -0.4 is 0 Å². The molecule has 0 aromatic rings. The van der Waals surface area contributed by atoms with Gasteiger partial charge in [-0.1, -0.05) is 25.1 Å². The summed E-state index contributed by atoms with van der Waals surface area (Å²) in [6.45, 7) is 3.59. The number of amides is 1. The molecule has 0 unspecified atom stereocenters. The minimum atomic E-state index is 0.146. The van der Waals surface area contributed by atoms with Gasteiger partial charge in [-0.3, -0.25) is 4.79 Å². The number of carbonyl (C=O) groups is 1. The first-order valence-electron chi connectivity index (χ1n) is 5.92. The number of hydrogen-bond acceptors (Lipinski definition) is 2. The molecule has 16 heavy (non-hydrogen) atoms. The molecule has 1 amide bonds. The molecular weight excluding hydrogens is 220 g/mol. The number of thiocarbonyl (C=S) groups is 1. The highest BCUT2D eigenvalue weighted by Gasteiger charge is 2.32. The topological polar surface area (TPSA) is 23.6 Å². The number of carbonyl (C=O) groups excluding carboxylic acids is 1. The van der Waals surface area contributed by atoms with Crippen molar-refractivity contribution >= 4 is 23.1 Å². The van der Waals surface area contributed by atoms with Crippen molar-refractivity contribution in [2.75, 3.05) is 14.1 Å². The van der Waals surface area contributed by atoms with Gasteiger partial charge in [0.2, 0.25) is 5.91 Å². The van der Waals surface area contributed by atoms with Crippen LogP contribution in [-0.2, 0) is 4.79 Å². The molecule has 0 N–H and O–H groups in total. The first-order valence-corrected chi connectivity index (χ1v) is 6.32. The highest BCUT2D eigenvalue weighted by atomic mass is 32.1. The standard InChI is InChI=1S/C12H22N2OS/c1-9(15)13(3)11-7-5-6-8-12(11)14(4)10(2)16/h11-12H,5-8H2,1-4H3/t11-,12-/m1/s1. The Hall–Kier alpha value is -0.640. The van der Waals surface area contributed by atoms with Crippen molar-refractivity contribution in [2.45, 2.75) is 51.6 Å². The second kappa shape index (κ2) is 5.62. The summed E-state index contributed by atoms with van der Waals surface area (Å²) in [5, 5.41) is 0. The Labute approximate surface area is 104 Å². The molecule has 0 aromatic heterocycles. The zero-order chi connectivity index (χ0) is 12.3. The van der Waals surface area contributed by atoms with Gasteiger partial charge in [-0.15, -0.1) is 0 Å². The lowest BCUT2D eigenvalue weighted by Gasteiger charge is -2.42. The van der Waals surface area contributed by atoms with Gasteiger partial charge in [0.1, 0.15) is 0 Å². The van der Waals surface area contributed by atoms with Crippen molar-refractivity contribution < 1.29 is 4.79 Å². The summed E-state index contributed by atoms with van der Waals surface area (Å²) in [5.74, 6) is 0.146. The third-order valence-corrected chi connectivity index (χ3v) is 3.97. The van der Waals surface area contributed by atoms with E-state index >= 15 is 0 Å². The average Bonchev–Trinajstić information content (AvgIpc) is 2.26. The molecule has 3 nitrogen and oxygen atoms in total. The minimum absolute atomic E-state index is 0.146. The third kappa shape index (κ3) is 2.94. The van der Waals surface area contributed by atoms with Gasteiger partial charge in [-0.2, -0.15) is 0 Å². The molecular formula is C12H22N2OS. The van der Waals surface area contributed by atoms with Gasteiger partial charge in [0.25, 0.3) is 0 Å². The van der Waals surface area contributed by atoms with E-state index in [1.807, 2.05) is 25.9 Å². The lowest BCUT2D eigenvalue weighted by Crippen LogP contribution is -2.53. The van der Waals surface area contributed by atoms with Gasteiger partial charge >= 0.3 is 0 Å². The Morgan fingerprint density at radius 1 is 1.06 bits per heavy atom. The summed E-state index contributed by atoms with van der Waals surface area (Å²) in [7, 11) is 3.94. The molecule has 0 bridgehead atoms. The van der Waals surface area contributed by atoms with Crippen LogP contribution in [0.5, 0.6) is 0 Å². The number of hydrogen-bond donors (Lipinski definition) is 0. The van der Waals surface area contributed by atoms with Gasteiger partial charge in [-0.05, 0) is 19.8 Å². The van der Waals surface area contributed by atoms with Crippen molar-refractivity contribution in [3.63, 3.8) is 0 Å². The zero-order valence-corrected chi connectivity index (χ0v) is 11.5. The fraction of sp³-hybridized carbons (Fsp3) is 0.833. The molecule has 0 aromatic carbocycles. The van der Waals surface area contributed by atoms with Crippen LogP contribution in [0.25, 0.3) is 0 Å². The van der Waals surface area contributed by atoms with Gasteiger partial charge in [0.05, 0.1) is 11.0 Å². The highest BCUT2D eigenvalue weighted by molar-refractivity contribution is 7.80. The maximum atomic E-state index is 11.5. The van der Waals surface area contributed by atoms with E-state index in [9.17, 15) is 4.79 Å². The largest absolute Gasteiger partial charge is 0.364 e. The van der Waals surface area contributed by atoms with Crippen LogP contribution >= 0.6 is 12.2 Å². The lowest BCUT2D eigenvalue weighted by atomic mass is 9.88. The molecule has 1 aliphatic carbocycles. The molecule has 0 spiro atoms. The Bertz CT molecular complexity index is 252. The quantitative estimate of drug-likeness (QED) is 0.693. The van der Waals surface area contributed by atoms with E-state index < -0.39 is 0 Å². The molecule has 92 valence electrons. The molecule has 1 saturated carbocycles. The van der Waals surface area contributed by atoms with Crippen molar-refractivity contribution in [1.82, 2.24) is 9.80 Å². The summed E-state index contributed by atoms with van der Waals surface area (Å²) in [6, 6.07) is 0.703. The van der Waals surface area contributed by atoms with E-state index in [0.29, 0.717) is 12.1 Å². The summed E-state index contributed by atoms with van der Waals surface area (Å²) in [6.07, 6.45) is 4.67. The predicted octanol–water partition coefficient (Wildman–Crippen LogP) is 2.06. The van der Waals surface area contributed by atoms with E-state index in [-0.39, 0.29) is 5.91 Å². The number of likely N-dealkylation sites (N-methyl/N-ethyl adjacent to an activating group) is 2. The molecule has 0 heterocycles. The summed E-state index contributed by atoms with van der Waals surface area (Å²) in [4.78, 5) is 16.4. The molecule has 2 atom stereocenters. The number of rotatable bonds is 2. The SMILES string of the molecule is CC(=O)N(C)[C@@H]1CCCC[C@H]1N(C)C(C)=S. The van der Waals surface area contributed by atoms with Crippen LogP contribution in [0.1, 0.15) is 39.5 Å². The first kappa shape index (κ1) is 13.4. The van der Waals surface area contributed by atoms with Crippen LogP contribution in [0, 0.1) is 0 Å². The molecule has 0 aliphatic heterocycles. The van der Waals surface area contributed by atoms with Gasteiger partial charge < -0.3 is 9.80 Å². The van der Waals surface area contributed by atoms with Crippen molar-refractivity contribution in [1.29, 1.82) is 0 Å². The second-order valence-corrected chi connectivity index (χ2v) is 5.27. The summed E-state index contributed by atoms with van der Waals surface area (Å²) < 4.78 is 0. The van der Waals surface area contributed by atoms with Gasteiger partial charge in [0, 0.05) is 27.1 Å². The third-order valence-electron chi connectivity index (χ3n) is 3.68. The van der Waals surface area contributed by atoms with E-state index in [1.54, 1.807) is 6.92 Å². The van der Waals surface area contributed by atoms with Crippen LogP contribution in [-0.4, -0.2) is 46.9 Å². The smallest absolute Gasteiger partial charge is 0.219 e. The fourth-order valence-corrected chi connectivity index (χ4v) is 2.60. The van der Waals surface area contributed by atoms with E-state index in [2.05, 4.69) is 4.90 Å². The van der Waals surface area contributed by atoms with Gasteiger partial charge in [0.15, 0.2) is 0 Å².